The summed E-state index contributed by atoms with van der Waals surface area (Å²) in [6, 6.07) is 0.851. The van der Waals surface area contributed by atoms with Crippen molar-refractivity contribution in [3.63, 3.8) is 0 Å². The van der Waals surface area contributed by atoms with E-state index in [1.165, 1.54) is 18.5 Å². The van der Waals surface area contributed by atoms with Gasteiger partial charge in [0.2, 0.25) is 0 Å². The zero-order chi connectivity index (χ0) is 10.4. The third-order valence-electron chi connectivity index (χ3n) is 1.62. The van der Waals surface area contributed by atoms with Crippen LogP contribution in [0.3, 0.4) is 0 Å². The van der Waals surface area contributed by atoms with Gasteiger partial charge in [0.25, 0.3) is 5.91 Å². The number of aromatic nitrogens is 2. The molecule has 0 saturated carbocycles. The summed E-state index contributed by atoms with van der Waals surface area (Å²) in [5.41, 5.74) is 0.340. The normalized spacial score (nSPS) is 10.2. The third-order valence-corrected chi connectivity index (χ3v) is 1.62. The SMILES string of the molecule is O=C(NC(CO)CO)c1ccnnc1. The number of hydrogen-bond acceptors (Lipinski definition) is 5. The number of amides is 1. The fourth-order valence-electron chi connectivity index (χ4n) is 0.843. The summed E-state index contributed by atoms with van der Waals surface area (Å²) in [4.78, 5) is 11.4. The van der Waals surface area contributed by atoms with Crippen LogP contribution in [0, 0.1) is 0 Å². The first-order valence-corrected chi connectivity index (χ1v) is 4.07. The molecule has 0 fully saturated rings. The van der Waals surface area contributed by atoms with Crippen molar-refractivity contribution in [2.45, 2.75) is 6.04 Å². The largest absolute Gasteiger partial charge is 0.394 e. The van der Waals surface area contributed by atoms with Gasteiger partial charge in [0, 0.05) is 0 Å². The van der Waals surface area contributed by atoms with E-state index in [-0.39, 0.29) is 13.2 Å². The Morgan fingerprint density at radius 3 is 2.64 bits per heavy atom. The van der Waals surface area contributed by atoms with Crippen LogP contribution in [0.5, 0.6) is 0 Å². The van der Waals surface area contributed by atoms with Crippen LogP contribution in [-0.4, -0.2) is 45.6 Å². The molecular weight excluding hydrogens is 186 g/mol. The summed E-state index contributed by atoms with van der Waals surface area (Å²) < 4.78 is 0. The highest BCUT2D eigenvalue weighted by molar-refractivity contribution is 5.93. The Labute approximate surface area is 80.6 Å². The number of nitrogens with zero attached hydrogens (tertiary/aromatic N) is 2. The van der Waals surface area contributed by atoms with Gasteiger partial charge < -0.3 is 15.5 Å². The lowest BCUT2D eigenvalue weighted by Crippen LogP contribution is -2.40. The van der Waals surface area contributed by atoms with E-state index in [4.69, 9.17) is 10.2 Å². The molecule has 3 N–H and O–H groups in total. The molecule has 6 nitrogen and oxygen atoms in total. The summed E-state index contributed by atoms with van der Waals surface area (Å²) in [6.45, 7) is -0.610. The van der Waals surface area contributed by atoms with E-state index >= 15 is 0 Å². The second-order valence-electron chi connectivity index (χ2n) is 2.67. The predicted molar refractivity (Wildman–Crippen MR) is 47.5 cm³/mol. The van der Waals surface area contributed by atoms with E-state index in [1.54, 1.807) is 0 Å². The molecule has 0 radical (unpaired) electrons. The van der Waals surface area contributed by atoms with Crippen molar-refractivity contribution >= 4 is 5.91 Å². The molecule has 0 aliphatic carbocycles. The molecule has 0 aromatic carbocycles. The van der Waals surface area contributed by atoms with Gasteiger partial charge in [-0.3, -0.25) is 4.79 Å². The fourth-order valence-corrected chi connectivity index (χ4v) is 0.843. The average molecular weight is 197 g/mol. The summed E-state index contributed by atoms with van der Waals surface area (Å²) in [6.07, 6.45) is 2.70. The van der Waals surface area contributed by atoms with Crippen LogP contribution >= 0.6 is 0 Å². The van der Waals surface area contributed by atoms with Crippen molar-refractivity contribution in [2.24, 2.45) is 0 Å². The van der Waals surface area contributed by atoms with Crippen LogP contribution < -0.4 is 5.32 Å². The van der Waals surface area contributed by atoms with E-state index < -0.39 is 11.9 Å². The minimum atomic E-state index is -0.643. The predicted octanol–water partition coefficient (Wildman–Crippen LogP) is -1.44. The summed E-state index contributed by atoms with van der Waals surface area (Å²) in [5, 5.41) is 26.9. The molecule has 1 aromatic heterocycles. The number of aliphatic hydroxyl groups is 2. The Kier molecular flexibility index (Phi) is 3.96. The quantitative estimate of drug-likeness (QED) is 0.549. The number of nitrogens with one attached hydrogen (secondary N) is 1. The van der Waals surface area contributed by atoms with Crippen molar-refractivity contribution in [1.82, 2.24) is 15.5 Å². The Balaban J connectivity index is 2.59. The first kappa shape index (κ1) is 10.6. The van der Waals surface area contributed by atoms with Crippen molar-refractivity contribution in [1.29, 1.82) is 0 Å². The van der Waals surface area contributed by atoms with Gasteiger partial charge in [0.15, 0.2) is 0 Å². The molecule has 1 aromatic rings. The molecule has 0 aliphatic rings. The van der Waals surface area contributed by atoms with E-state index in [9.17, 15) is 4.79 Å². The molecule has 0 atom stereocenters. The molecule has 6 heteroatoms. The zero-order valence-electron chi connectivity index (χ0n) is 7.42. The molecule has 76 valence electrons. The van der Waals surface area contributed by atoms with Gasteiger partial charge in [-0.25, -0.2) is 0 Å². The molecule has 0 aliphatic heterocycles. The van der Waals surface area contributed by atoms with E-state index in [0.29, 0.717) is 5.56 Å². The van der Waals surface area contributed by atoms with Crippen LogP contribution in [-0.2, 0) is 0 Å². The number of hydrogen-bond donors (Lipinski definition) is 3. The maximum absolute atomic E-state index is 11.4. The summed E-state index contributed by atoms with van der Waals surface area (Å²) in [5.74, 6) is -0.395. The Bertz CT molecular complexity index is 287. The van der Waals surface area contributed by atoms with Gasteiger partial charge in [0.1, 0.15) is 0 Å². The van der Waals surface area contributed by atoms with Crippen molar-refractivity contribution in [3.05, 3.63) is 24.0 Å². The third kappa shape index (κ3) is 2.75. The smallest absolute Gasteiger partial charge is 0.253 e. The maximum Gasteiger partial charge on any atom is 0.253 e. The van der Waals surface area contributed by atoms with Crippen LogP contribution in [0.25, 0.3) is 0 Å². The lowest BCUT2D eigenvalue weighted by molar-refractivity contribution is 0.0879. The molecule has 1 amide bonds. The maximum atomic E-state index is 11.4. The minimum absolute atomic E-state index is 0.305. The Morgan fingerprint density at radius 1 is 1.43 bits per heavy atom. The number of carbonyl (C=O) groups excluding carboxylic acids is 1. The molecule has 0 bridgehead atoms. The first-order valence-electron chi connectivity index (χ1n) is 4.07. The van der Waals surface area contributed by atoms with Gasteiger partial charge >= 0.3 is 0 Å². The highest BCUT2D eigenvalue weighted by Crippen LogP contribution is 1.94. The molecule has 1 rings (SSSR count). The second kappa shape index (κ2) is 5.25. The first-order chi connectivity index (χ1) is 6.77. The molecule has 1 heterocycles. The van der Waals surface area contributed by atoms with Crippen LogP contribution in [0.15, 0.2) is 18.5 Å². The van der Waals surface area contributed by atoms with E-state index in [0.717, 1.165) is 0 Å². The second-order valence-corrected chi connectivity index (χ2v) is 2.67. The number of carbonyl (C=O) groups is 1. The van der Waals surface area contributed by atoms with Gasteiger partial charge in [-0.05, 0) is 6.07 Å². The molecule has 0 spiro atoms. The average Bonchev–Trinajstić information content (AvgIpc) is 2.26. The monoisotopic (exact) mass is 197 g/mol. The van der Waals surface area contributed by atoms with Gasteiger partial charge in [-0.2, -0.15) is 10.2 Å². The number of aliphatic hydroxyl groups excluding tert-OH is 2. The zero-order valence-corrected chi connectivity index (χ0v) is 7.42. The Morgan fingerprint density at radius 2 is 2.14 bits per heavy atom. The molecule has 0 unspecified atom stereocenters. The van der Waals surface area contributed by atoms with Crippen molar-refractivity contribution in [3.8, 4) is 0 Å². The minimum Gasteiger partial charge on any atom is -0.394 e. The number of rotatable bonds is 4. The van der Waals surface area contributed by atoms with Gasteiger partial charge in [0.05, 0.1) is 37.2 Å². The topological polar surface area (TPSA) is 95.3 Å². The summed E-state index contributed by atoms with van der Waals surface area (Å²) >= 11 is 0. The highest BCUT2D eigenvalue weighted by atomic mass is 16.3. The van der Waals surface area contributed by atoms with Crippen LogP contribution in [0.4, 0.5) is 0 Å². The molecule has 14 heavy (non-hydrogen) atoms. The van der Waals surface area contributed by atoms with Gasteiger partial charge in [-0.15, -0.1) is 0 Å². The summed E-state index contributed by atoms with van der Waals surface area (Å²) in [7, 11) is 0. The lowest BCUT2D eigenvalue weighted by Gasteiger charge is -2.12. The van der Waals surface area contributed by atoms with Crippen molar-refractivity contribution in [2.75, 3.05) is 13.2 Å². The lowest BCUT2D eigenvalue weighted by atomic mass is 10.2. The van der Waals surface area contributed by atoms with Crippen molar-refractivity contribution < 1.29 is 15.0 Å². The van der Waals surface area contributed by atoms with Crippen LogP contribution in [0.1, 0.15) is 10.4 Å². The molecular formula is C8H11N3O3. The van der Waals surface area contributed by atoms with E-state index in [2.05, 4.69) is 15.5 Å². The van der Waals surface area contributed by atoms with Crippen LogP contribution in [0.2, 0.25) is 0 Å². The Hall–Kier alpha value is -1.53. The standard InChI is InChI=1S/C8H11N3O3/c12-4-7(5-13)11-8(14)6-1-2-9-10-3-6/h1-3,7,12-13H,4-5H2,(H,11,14). The molecule has 0 saturated heterocycles. The highest BCUT2D eigenvalue weighted by Gasteiger charge is 2.11. The van der Waals surface area contributed by atoms with E-state index in [1.807, 2.05) is 0 Å². The fraction of sp³-hybridized carbons (Fsp3) is 0.375. The van der Waals surface area contributed by atoms with Gasteiger partial charge in [-0.1, -0.05) is 0 Å².